The van der Waals surface area contributed by atoms with Gasteiger partial charge in [0.05, 0.1) is 30.1 Å². The molecule has 0 amide bonds. The van der Waals surface area contributed by atoms with Gasteiger partial charge in [-0.1, -0.05) is 0 Å². The van der Waals surface area contributed by atoms with E-state index in [4.69, 9.17) is 4.74 Å². The Bertz CT molecular complexity index is 780. The molecule has 7 aliphatic rings. The number of fused-ring (bicyclic) bond motifs is 4. The molecular weight excluding hydrogens is 370 g/mol. The van der Waals surface area contributed by atoms with Crippen LogP contribution in [0.5, 0.6) is 0 Å². The van der Waals surface area contributed by atoms with Crippen LogP contribution in [0.3, 0.4) is 0 Å². The predicted molar refractivity (Wildman–Crippen MR) is 115 cm³/mol. The number of nitriles is 1. The molecule has 5 heterocycles. The third kappa shape index (κ3) is 2.54. The lowest BCUT2D eigenvalue weighted by atomic mass is 9.54. The first-order chi connectivity index (χ1) is 14.8. The molecule has 0 N–H and O–H groups in total. The fourth-order valence-electron chi connectivity index (χ4n) is 9.79. The molecule has 3 saturated heterocycles. The fourth-order valence-corrected chi connectivity index (χ4v) is 9.79. The minimum atomic E-state index is 0.242. The van der Waals surface area contributed by atoms with Crippen molar-refractivity contribution in [3.05, 3.63) is 0 Å². The van der Waals surface area contributed by atoms with Crippen LogP contribution in [-0.2, 0) is 4.74 Å². The minimum Gasteiger partial charge on any atom is -0.373 e. The van der Waals surface area contributed by atoms with Crippen molar-refractivity contribution in [2.24, 2.45) is 41.4 Å². The summed E-state index contributed by atoms with van der Waals surface area (Å²) in [6, 6.07) is 3.68. The van der Waals surface area contributed by atoms with Crippen LogP contribution in [0.4, 0.5) is 0 Å². The zero-order chi connectivity index (χ0) is 19.8. The molecule has 0 aromatic carbocycles. The average Bonchev–Trinajstić information content (AvgIpc) is 2.79. The molecule has 5 aliphatic heterocycles. The molecule has 4 nitrogen and oxygen atoms in total. The van der Waals surface area contributed by atoms with Gasteiger partial charge in [0.15, 0.2) is 5.71 Å². The molecule has 7 rings (SSSR count). The Morgan fingerprint density at radius 1 is 0.867 bits per heavy atom. The maximum Gasteiger partial charge on any atom is 0.161 e. The van der Waals surface area contributed by atoms with Gasteiger partial charge in [-0.25, -0.2) is 4.58 Å². The van der Waals surface area contributed by atoms with E-state index in [1.165, 1.54) is 90.4 Å². The van der Waals surface area contributed by atoms with Gasteiger partial charge in [-0.3, -0.25) is 4.90 Å². The molecule has 10 atom stereocenters. The summed E-state index contributed by atoms with van der Waals surface area (Å²) in [5.74, 6) is 4.12. The van der Waals surface area contributed by atoms with Gasteiger partial charge in [-0.05, 0) is 70.4 Å². The highest BCUT2D eigenvalue weighted by molar-refractivity contribution is 5.86. The van der Waals surface area contributed by atoms with Gasteiger partial charge >= 0.3 is 0 Å². The number of hydrogen-bond donors (Lipinski definition) is 0. The van der Waals surface area contributed by atoms with E-state index in [9.17, 15) is 5.26 Å². The second kappa shape index (κ2) is 7.04. The van der Waals surface area contributed by atoms with E-state index >= 15 is 0 Å². The number of rotatable bonds is 0. The molecule has 2 saturated carbocycles. The van der Waals surface area contributed by atoms with Gasteiger partial charge < -0.3 is 4.74 Å². The second-order valence-corrected chi connectivity index (χ2v) is 11.8. The lowest BCUT2D eigenvalue weighted by Gasteiger charge is -2.61. The van der Waals surface area contributed by atoms with E-state index in [1.807, 2.05) is 0 Å². The van der Waals surface area contributed by atoms with Crippen LogP contribution in [0.2, 0.25) is 0 Å². The summed E-state index contributed by atoms with van der Waals surface area (Å²) in [5.41, 5.74) is 1.76. The third-order valence-corrected chi connectivity index (χ3v) is 10.6. The third-order valence-electron chi connectivity index (χ3n) is 10.6. The summed E-state index contributed by atoms with van der Waals surface area (Å²) in [6.45, 7) is 5.16. The van der Waals surface area contributed by atoms with Gasteiger partial charge in [0.1, 0.15) is 13.1 Å². The number of nitrogens with zero attached hydrogens (tertiary/aromatic N) is 3. The van der Waals surface area contributed by atoms with Crippen LogP contribution in [0.25, 0.3) is 0 Å². The summed E-state index contributed by atoms with van der Waals surface area (Å²) in [7, 11) is 0. The van der Waals surface area contributed by atoms with Gasteiger partial charge in [0, 0.05) is 42.6 Å². The van der Waals surface area contributed by atoms with Crippen LogP contribution in [0, 0.1) is 52.8 Å². The Kier molecular flexibility index (Phi) is 4.37. The summed E-state index contributed by atoms with van der Waals surface area (Å²) < 4.78 is 10.0. The van der Waals surface area contributed by atoms with Gasteiger partial charge in [0.25, 0.3) is 0 Å². The van der Waals surface area contributed by atoms with Crippen LogP contribution >= 0.6 is 0 Å². The molecule has 0 aromatic heterocycles. The smallest absolute Gasteiger partial charge is 0.161 e. The van der Waals surface area contributed by atoms with Crippen molar-refractivity contribution in [3.8, 4) is 6.07 Å². The molecule has 2 aliphatic carbocycles. The molecule has 0 aromatic rings. The van der Waals surface area contributed by atoms with E-state index in [0.717, 1.165) is 17.9 Å². The lowest BCUT2D eigenvalue weighted by molar-refractivity contribution is -0.545. The predicted octanol–water partition coefficient (Wildman–Crippen LogP) is 3.70. The SMILES string of the molecule is N#CC1C2CC3CCC[N+]4=C3C(CCC4)C2OC2C1CC1CCCN3CCCC2C13. The second-order valence-electron chi connectivity index (χ2n) is 11.8. The monoisotopic (exact) mass is 408 g/mol. The Balaban J connectivity index is 1.27. The van der Waals surface area contributed by atoms with Crippen LogP contribution in [0.15, 0.2) is 0 Å². The van der Waals surface area contributed by atoms with E-state index in [1.54, 1.807) is 5.71 Å². The largest absolute Gasteiger partial charge is 0.373 e. The molecule has 4 heteroatoms. The van der Waals surface area contributed by atoms with Crippen LogP contribution in [0.1, 0.15) is 64.2 Å². The van der Waals surface area contributed by atoms with Gasteiger partial charge in [0.2, 0.25) is 0 Å². The van der Waals surface area contributed by atoms with Crippen molar-refractivity contribution in [2.45, 2.75) is 82.5 Å². The first-order valence-corrected chi connectivity index (χ1v) is 13.2. The summed E-state index contributed by atoms with van der Waals surface area (Å²) in [4.78, 5) is 2.82. The van der Waals surface area contributed by atoms with E-state index < -0.39 is 0 Å². The Morgan fingerprint density at radius 2 is 1.67 bits per heavy atom. The summed E-state index contributed by atoms with van der Waals surface area (Å²) >= 11 is 0. The average molecular weight is 409 g/mol. The van der Waals surface area contributed by atoms with E-state index in [-0.39, 0.29) is 5.92 Å². The first-order valence-electron chi connectivity index (χ1n) is 13.2. The number of ether oxygens (including phenoxy) is 1. The molecule has 0 radical (unpaired) electrons. The Hall–Kier alpha value is -0.920. The molecule has 0 bridgehead atoms. The fraction of sp³-hybridized carbons (Fsp3) is 0.923. The molecule has 0 spiro atoms. The molecule has 5 fully saturated rings. The first kappa shape index (κ1) is 18.6. The van der Waals surface area contributed by atoms with Crippen molar-refractivity contribution in [3.63, 3.8) is 0 Å². The Labute approximate surface area is 181 Å². The molecular formula is C26H38N3O+. The zero-order valence-electron chi connectivity index (χ0n) is 18.4. The van der Waals surface area contributed by atoms with Crippen molar-refractivity contribution in [2.75, 3.05) is 26.2 Å². The number of piperidine rings is 2. The molecule has 10 unspecified atom stereocenters. The lowest BCUT2D eigenvalue weighted by Crippen LogP contribution is -2.66. The summed E-state index contributed by atoms with van der Waals surface area (Å²) in [5, 5.41) is 10.5. The molecule has 30 heavy (non-hydrogen) atoms. The van der Waals surface area contributed by atoms with Gasteiger partial charge in [-0.2, -0.15) is 5.26 Å². The van der Waals surface area contributed by atoms with Crippen molar-refractivity contribution in [1.82, 2.24) is 4.90 Å². The van der Waals surface area contributed by atoms with E-state index in [2.05, 4.69) is 15.5 Å². The maximum absolute atomic E-state index is 10.5. The zero-order valence-corrected chi connectivity index (χ0v) is 18.4. The molecule has 162 valence electrons. The quantitative estimate of drug-likeness (QED) is 0.574. The number of hydrogen-bond acceptors (Lipinski definition) is 3. The van der Waals surface area contributed by atoms with Gasteiger partial charge in [-0.15, -0.1) is 0 Å². The topological polar surface area (TPSA) is 39.3 Å². The van der Waals surface area contributed by atoms with Crippen LogP contribution in [-0.4, -0.2) is 59.6 Å². The normalized spacial score (nSPS) is 52.4. The van der Waals surface area contributed by atoms with Crippen molar-refractivity contribution in [1.29, 1.82) is 5.26 Å². The minimum absolute atomic E-state index is 0.242. The van der Waals surface area contributed by atoms with Crippen molar-refractivity contribution >= 4 is 5.71 Å². The Morgan fingerprint density at radius 3 is 2.53 bits per heavy atom. The maximum atomic E-state index is 10.5. The van der Waals surface area contributed by atoms with Crippen LogP contribution < -0.4 is 0 Å². The van der Waals surface area contributed by atoms with Crippen molar-refractivity contribution < 1.29 is 9.31 Å². The summed E-state index contributed by atoms with van der Waals surface area (Å²) in [6.07, 6.45) is 14.0. The standard InChI is InChI=1S/C26H38N3O/c27-15-22-20-13-16-5-1-9-28-11-3-7-18(23(16)28)25(20)30-26-19-8-4-12-29-10-2-6-17(24(19)29)14-21(22)26/h16-23,25-26H,1-14H2/q+1. The highest BCUT2D eigenvalue weighted by atomic mass is 16.5. The van der Waals surface area contributed by atoms with E-state index in [0.29, 0.717) is 35.9 Å². The highest BCUT2D eigenvalue weighted by Crippen LogP contribution is 2.56. The highest BCUT2D eigenvalue weighted by Gasteiger charge is 2.61.